The first-order valence-electron chi connectivity index (χ1n) is 5.51. The minimum Gasteiger partial charge on any atom is -0.364 e. The lowest BCUT2D eigenvalue weighted by Gasteiger charge is -2.22. The van der Waals surface area contributed by atoms with Gasteiger partial charge in [-0.1, -0.05) is 18.2 Å². The van der Waals surface area contributed by atoms with Crippen molar-refractivity contribution in [3.63, 3.8) is 0 Å². The van der Waals surface area contributed by atoms with Crippen molar-refractivity contribution in [2.24, 2.45) is 0 Å². The standard InChI is InChI=1S/C14H18N2O/c1-4-9-16(10-5-2)14-8-6-7-13(11-14)15-12(3)17/h4-8,11H,1-2,9-10H2,3H3,(H,15,17). The predicted octanol–water partition coefficient (Wildman–Crippen LogP) is 2.82. The highest BCUT2D eigenvalue weighted by molar-refractivity contribution is 5.89. The van der Waals surface area contributed by atoms with Crippen LogP contribution in [0.5, 0.6) is 0 Å². The van der Waals surface area contributed by atoms with E-state index in [1.165, 1.54) is 6.92 Å². The molecule has 17 heavy (non-hydrogen) atoms. The summed E-state index contributed by atoms with van der Waals surface area (Å²) in [4.78, 5) is 13.1. The van der Waals surface area contributed by atoms with Crippen LogP contribution < -0.4 is 10.2 Å². The van der Waals surface area contributed by atoms with Gasteiger partial charge in [0.1, 0.15) is 0 Å². The van der Waals surface area contributed by atoms with Crippen LogP contribution >= 0.6 is 0 Å². The van der Waals surface area contributed by atoms with Crippen molar-refractivity contribution in [2.75, 3.05) is 23.3 Å². The molecule has 0 aliphatic rings. The molecule has 3 nitrogen and oxygen atoms in total. The molecular weight excluding hydrogens is 212 g/mol. The largest absolute Gasteiger partial charge is 0.364 e. The molecular formula is C14H18N2O. The summed E-state index contributed by atoms with van der Waals surface area (Å²) >= 11 is 0. The van der Waals surface area contributed by atoms with E-state index < -0.39 is 0 Å². The number of rotatable bonds is 6. The fourth-order valence-corrected chi connectivity index (χ4v) is 1.58. The quantitative estimate of drug-likeness (QED) is 0.762. The van der Waals surface area contributed by atoms with Crippen LogP contribution in [0.15, 0.2) is 49.6 Å². The van der Waals surface area contributed by atoms with E-state index in [9.17, 15) is 4.79 Å². The molecule has 1 aromatic rings. The maximum absolute atomic E-state index is 11.0. The Kier molecular flexibility index (Phi) is 5.01. The summed E-state index contributed by atoms with van der Waals surface area (Å²) in [5, 5.41) is 2.77. The van der Waals surface area contributed by atoms with Gasteiger partial charge < -0.3 is 10.2 Å². The Labute approximate surface area is 102 Å². The van der Waals surface area contributed by atoms with Gasteiger partial charge in [-0.05, 0) is 18.2 Å². The summed E-state index contributed by atoms with van der Waals surface area (Å²) in [5.74, 6) is -0.0684. The van der Waals surface area contributed by atoms with Crippen LogP contribution in [0.25, 0.3) is 0 Å². The maximum atomic E-state index is 11.0. The number of carbonyl (C=O) groups excluding carboxylic acids is 1. The fraction of sp³-hybridized carbons (Fsp3) is 0.214. The zero-order valence-corrected chi connectivity index (χ0v) is 10.1. The van der Waals surface area contributed by atoms with Gasteiger partial charge in [0.2, 0.25) is 5.91 Å². The van der Waals surface area contributed by atoms with E-state index in [2.05, 4.69) is 23.4 Å². The number of amides is 1. The van der Waals surface area contributed by atoms with Crippen LogP contribution in [-0.2, 0) is 4.79 Å². The van der Waals surface area contributed by atoms with Gasteiger partial charge in [-0.25, -0.2) is 0 Å². The lowest BCUT2D eigenvalue weighted by atomic mass is 10.2. The summed E-state index contributed by atoms with van der Waals surface area (Å²) in [6.07, 6.45) is 3.68. The second-order valence-corrected chi connectivity index (χ2v) is 3.71. The lowest BCUT2D eigenvalue weighted by molar-refractivity contribution is -0.114. The van der Waals surface area contributed by atoms with Crippen molar-refractivity contribution >= 4 is 17.3 Å². The van der Waals surface area contributed by atoms with Crippen molar-refractivity contribution in [3.8, 4) is 0 Å². The van der Waals surface area contributed by atoms with Gasteiger partial charge in [-0.2, -0.15) is 0 Å². The molecule has 0 unspecified atom stereocenters. The van der Waals surface area contributed by atoms with E-state index in [0.717, 1.165) is 24.5 Å². The minimum absolute atomic E-state index is 0.0684. The first kappa shape index (κ1) is 13.0. The highest BCUT2D eigenvalue weighted by Crippen LogP contribution is 2.19. The molecule has 0 radical (unpaired) electrons. The van der Waals surface area contributed by atoms with E-state index in [1.54, 1.807) is 0 Å². The Morgan fingerprint density at radius 1 is 1.35 bits per heavy atom. The van der Waals surface area contributed by atoms with Crippen molar-refractivity contribution in [1.82, 2.24) is 0 Å². The number of nitrogens with zero attached hydrogens (tertiary/aromatic N) is 1. The number of hydrogen-bond donors (Lipinski definition) is 1. The molecule has 0 bridgehead atoms. The van der Waals surface area contributed by atoms with E-state index in [0.29, 0.717) is 0 Å². The summed E-state index contributed by atoms with van der Waals surface area (Å²) in [5.41, 5.74) is 1.84. The van der Waals surface area contributed by atoms with Gasteiger partial charge in [0.25, 0.3) is 0 Å². The number of benzene rings is 1. The van der Waals surface area contributed by atoms with Gasteiger partial charge in [0.15, 0.2) is 0 Å². The van der Waals surface area contributed by atoms with Crippen LogP contribution in [-0.4, -0.2) is 19.0 Å². The SMILES string of the molecule is C=CCN(CC=C)c1cccc(NC(C)=O)c1. The number of carbonyl (C=O) groups is 1. The van der Waals surface area contributed by atoms with Gasteiger partial charge in [0.05, 0.1) is 0 Å². The molecule has 0 atom stereocenters. The molecule has 0 aliphatic heterocycles. The Morgan fingerprint density at radius 2 is 2.00 bits per heavy atom. The third kappa shape index (κ3) is 4.15. The van der Waals surface area contributed by atoms with Crippen LogP contribution in [0.1, 0.15) is 6.92 Å². The van der Waals surface area contributed by atoms with Crippen molar-refractivity contribution in [1.29, 1.82) is 0 Å². The van der Waals surface area contributed by atoms with Crippen molar-refractivity contribution in [2.45, 2.75) is 6.92 Å². The molecule has 0 aromatic heterocycles. The van der Waals surface area contributed by atoms with Crippen LogP contribution in [0, 0.1) is 0 Å². The molecule has 0 aliphatic carbocycles. The predicted molar refractivity (Wildman–Crippen MR) is 73.4 cm³/mol. The van der Waals surface area contributed by atoms with Crippen LogP contribution in [0.3, 0.4) is 0 Å². The minimum atomic E-state index is -0.0684. The highest BCUT2D eigenvalue weighted by atomic mass is 16.1. The topological polar surface area (TPSA) is 32.3 Å². The summed E-state index contributed by atoms with van der Waals surface area (Å²) in [7, 11) is 0. The van der Waals surface area contributed by atoms with Gasteiger partial charge in [-0.3, -0.25) is 4.79 Å². The summed E-state index contributed by atoms with van der Waals surface area (Å²) < 4.78 is 0. The summed E-state index contributed by atoms with van der Waals surface area (Å²) in [6.45, 7) is 10.5. The Hall–Kier alpha value is -2.03. The zero-order valence-electron chi connectivity index (χ0n) is 10.1. The Morgan fingerprint density at radius 3 is 2.53 bits per heavy atom. The fourth-order valence-electron chi connectivity index (χ4n) is 1.58. The molecule has 3 heteroatoms. The third-order valence-electron chi connectivity index (χ3n) is 2.23. The Bertz CT molecular complexity index is 402. The molecule has 0 heterocycles. The van der Waals surface area contributed by atoms with Crippen LogP contribution in [0.4, 0.5) is 11.4 Å². The van der Waals surface area contributed by atoms with E-state index in [-0.39, 0.29) is 5.91 Å². The first-order chi connectivity index (χ1) is 8.17. The first-order valence-corrected chi connectivity index (χ1v) is 5.51. The molecule has 1 N–H and O–H groups in total. The molecule has 0 saturated carbocycles. The Balaban J connectivity index is 2.90. The monoisotopic (exact) mass is 230 g/mol. The third-order valence-corrected chi connectivity index (χ3v) is 2.23. The second kappa shape index (κ2) is 6.53. The van der Waals surface area contributed by atoms with Crippen molar-refractivity contribution in [3.05, 3.63) is 49.6 Å². The van der Waals surface area contributed by atoms with Crippen LogP contribution in [0.2, 0.25) is 0 Å². The molecule has 0 saturated heterocycles. The number of nitrogens with one attached hydrogen (secondary N) is 1. The molecule has 0 fully saturated rings. The van der Waals surface area contributed by atoms with Crippen molar-refractivity contribution < 1.29 is 4.79 Å². The van der Waals surface area contributed by atoms with E-state index in [4.69, 9.17) is 0 Å². The van der Waals surface area contributed by atoms with E-state index >= 15 is 0 Å². The molecule has 1 rings (SSSR count). The lowest BCUT2D eigenvalue weighted by Crippen LogP contribution is -2.23. The number of hydrogen-bond acceptors (Lipinski definition) is 2. The normalized spacial score (nSPS) is 9.47. The van der Waals surface area contributed by atoms with E-state index in [1.807, 2.05) is 36.4 Å². The van der Waals surface area contributed by atoms with Gasteiger partial charge >= 0.3 is 0 Å². The molecule has 90 valence electrons. The van der Waals surface area contributed by atoms with Gasteiger partial charge in [-0.15, -0.1) is 13.2 Å². The average molecular weight is 230 g/mol. The molecule has 1 amide bonds. The maximum Gasteiger partial charge on any atom is 0.221 e. The summed E-state index contributed by atoms with van der Waals surface area (Å²) in [6, 6.07) is 7.72. The highest BCUT2D eigenvalue weighted by Gasteiger charge is 2.04. The second-order valence-electron chi connectivity index (χ2n) is 3.71. The molecule has 1 aromatic carbocycles. The smallest absolute Gasteiger partial charge is 0.221 e. The number of anilines is 2. The molecule has 0 spiro atoms. The van der Waals surface area contributed by atoms with Gasteiger partial charge in [0, 0.05) is 31.4 Å². The average Bonchev–Trinajstić information content (AvgIpc) is 2.28. The zero-order chi connectivity index (χ0) is 12.7.